The van der Waals surface area contributed by atoms with E-state index < -0.39 is 28.3 Å². The highest BCUT2D eigenvalue weighted by Crippen LogP contribution is 2.60. The van der Waals surface area contributed by atoms with Crippen molar-refractivity contribution in [3.8, 4) is 0 Å². The first-order valence-electron chi connectivity index (χ1n) is 9.40. The molecule has 30 heavy (non-hydrogen) atoms. The fourth-order valence-electron chi connectivity index (χ4n) is 4.30. The Kier molecular flexibility index (Phi) is 4.58. The minimum Gasteiger partial charge on any atom is -0.507 e. The lowest BCUT2D eigenvalue weighted by atomic mass is 9.56. The van der Waals surface area contributed by atoms with Crippen molar-refractivity contribution in [1.29, 1.82) is 0 Å². The van der Waals surface area contributed by atoms with Crippen molar-refractivity contribution >= 4 is 0 Å². The molecule has 0 heterocycles. The van der Waals surface area contributed by atoms with Gasteiger partial charge in [-0.25, -0.2) is 0 Å². The van der Waals surface area contributed by atoms with Gasteiger partial charge in [0.25, 0.3) is 5.79 Å². The summed E-state index contributed by atoms with van der Waals surface area (Å²) < 4.78 is 0. The van der Waals surface area contributed by atoms with Gasteiger partial charge in [-0.2, -0.15) is 0 Å². The molecule has 0 aliphatic heterocycles. The normalized spacial score (nSPS) is 30.5. The van der Waals surface area contributed by atoms with Crippen LogP contribution in [0.3, 0.4) is 0 Å². The second kappa shape index (κ2) is 6.77. The maximum absolute atomic E-state index is 12.2. The number of hydrogen-bond donors (Lipinski definition) is 6. The Morgan fingerprint density at radius 2 is 0.833 bits per heavy atom. The lowest BCUT2D eigenvalue weighted by Gasteiger charge is -2.58. The third kappa shape index (κ3) is 2.43. The maximum atomic E-state index is 12.2. The van der Waals surface area contributed by atoms with Crippen LogP contribution in [0.5, 0.6) is 0 Å². The third-order valence-corrected chi connectivity index (χ3v) is 5.88. The molecule has 6 N–H and O–H groups in total. The van der Waals surface area contributed by atoms with Crippen molar-refractivity contribution in [2.45, 2.75) is 22.6 Å². The Balaban J connectivity index is 2.17. The number of benzene rings is 3. The zero-order valence-corrected chi connectivity index (χ0v) is 15.9. The number of aliphatic hydroxyl groups excluding tert-OH is 1. The molecule has 0 amide bonds. The van der Waals surface area contributed by atoms with E-state index in [1.54, 1.807) is 42.5 Å². The van der Waals surface area contributed by atoms with Crippen molar-refractivity contribution in [2.24, 2.45) is 0 Å². The summed E-state index contributed by atoms with van der Waals surface area (Å²) in [6, 6.07) is 23.2. The van der Waals surface area contributed by atoms with E-state index in [1.165, 1.54) is 48.5 Å². The summed E-state index contributed by atoms with van der Waals surface area (Å²) in [7, 11) is 0. The van der Waals surface area contributed by atoms with E-state index in [0.29, 0.717) is 0 Å². The van der Waals surface area contributed by atoms with E-state index >= 15 is 0 Å². The molecule has 0 saturated carbocycles. The summed E-state index contributed by atoms with van der Waals surface area (Å²) in [4.78, 5) is 0. The second-order valence-electron chi connectivity index (χ2n) is 7.49. The molecule has 0 saturated heterocycles. The second-order valence-corrected chi connectivity index (χ2v) is 7.49. The molecule has 6 nitrogen and oxygen atoms in total. The highest BCUT2D eigenvalue weighted by molar-refractivity contribution is 5.50. The summed E-state index contributed by atoms with van der Waals surface area (Å²) in [5.41, 5.74) is -8.09. The molecule has 154 valence electrons. The first kappa shape index (κ1) is 20.3. The SMILES string of the molecule is OC1=CC(O)(c2ccccc2)C(O)(c2ccccc2)C(O)(c2ccccc2)C1(O)O. The van der Waals surface area contributed by atoms with Gasteiger partial charge in [0.2, 0.25) is 0 Å². The molecule has 3 unspecified atom stereocenters. The van der Waals surface area contributed by atoms with E-state index in [9.17, 15) is 30.6 Å². The lowest BCUT2D eigenvalue weighted by Crippen LogP contribution is -2.73. The van der Waals surface area contributed by atoms with Crippen LogP contribution in [0.15, 0.2) is 103 Å². The van der Waals surface area contributed by atoms with Crippen LogP contribution < -0.4 is 0 Å². The van der Waals surface area contributed by atoms with Crippen LogP contribution in [0, 0.1) is 0 Å². The van der Waals surface area contributed by atoms with E-state index in [1.807, 2.05) is 0 Å². The van der Waals surface area contributed by atoms with Gasteiger partial charge in [0.15, 0.2) is 17.0 Å². The zero-order chi connectivity index (χ0) is 21.6. The summed E-state index contributed by atoms with van der Waals surface area (Å²) in [5.74, 6) is -4.42. The van der Waals surface area contributed by atoms with Gasteiger partial charge >= 0.3 is 0 Å². The van der Waals surface area contributed by atoms with Gasteiger partial charge < -0.3 is 30.6 Å². The highest BCUT2D eigenvalue weighted by atomic mass is 16.6. The van der Waals surface area contributed by atoms with Crippen LogP contribution in [-0.2, 0) is 16.8 Å². The molecule has 1 aliphatic carbocycles. The van der Waals surface area contributed by atoms with Crippen LogP contribution >= 0.6 is 0 Å². The molecular formula is C24H22O6. The molecule has 1 aliphatic rings. The largest absolute Gasteiger partial charge is 0.507 e. The predicted molar refractivity (Wildman–Crippen MR) is 109 cm³/mol. The first-order chi connectivity index (χ1) is 14.2. The van der Waals surface area contributed by atoms with E-state index in [2.05, 4.69) is 0 Å². The zero-order valence-electron chi connectivity index (χ0n) is 15.9. The van der Waals surface area contributed by atoms with Crippen LogP contribution in [0.2, 0.25) is 0 Å². The monoisotopic (exact) mass is 406 g/mol. The van der Waals surface area contributed by atoms with E-state index in [0.717, 1.165) is 6.08 Å². The molecular weight excluding hydrogens is 384 g/mol. The molecule has 0 fully saturated rings. The van der Waals surface area contributed by atoms with Gasteiger partial charge in [0, 0.05) is 0 Å². The average molecular weight is 406 g/mol. The molecule has 0 spiro atoms. The van der Waals surface area contributed by atoms with Crippen LogP contribution in [0.25, 0.3) is 0 Å². The molecule has 3 aromatic carbocycles. The van der Waals surface area contributed by atoms with Crippen molar-refractivity contribution in [3.05, 3.63) is 120 Å². The Hall–Kier alpha value is -3.00. The van der Waals surface area contributed by atoms with Crippen LogP contribution in [-0.4, -0.2) is 36.4 Å². The van der Waals surface area contributed by atoms with E-state index in [-0.39, 0.29) is 16.7 Å². The maximum Gasteiger partial charge on any atom is 0.260 e. The van der Waals surface area contributed by atoms with Crippen LogP contribution in [0.1, 0.15) is 16.7 Å². The molecule has 0 aromatic heterocycles. The van der Waals surface area contributed by atoms with Gasteiger partial charge in [0.05, 0.1) is 0 Å². The molecule has 3 aromatic rings. The average Bonchev–Trinajstić information content (AvgIpc) is 2.78. The van der Waals surface area contributed by atoms with Crippen molar-refractivity contribution < 1.29 is 30.6 Å². The molecule has 0 radical (unpaired) electrons. The Bertz CT molecular complexity index is 1070. The fraction of sp³-hybridized carbons (Fsp3) is 0.167. The summed E-state index contributed by atoms with van der Waals surface area (Å²) in [6.07, 6.45) is 0.757. The quantitative estimate of drug-likeness (QED) is 0.369. The minimum absolute atomic E-state index is 0.0129. The first-order valence-corrected chi connectivity index (χ1v) is 9.40. The Morgan fingerprint density at radius 3 is 1.27 bits per heavy atom. The summed E-state index contributed by atoms with van der Waals surface area (Å²) >= 11 is 0. The Labute approximate surface area is 173 Å². The molecule has 3 atom stereocenters. The molecule has 0 bridgehead atoms. The topological polar surface area (TPSA) is 121 Å². The number of hydrogen-bond acceptors (Lipinski definition) is 6. The smallest absolute Gasteiger partial charge is 0.260 e. The summed E-state index contributed by atoms with van der Waals surface area (Å²) in [5, 5.41) is 68.3. The predicted octanol–water partition coefficient (Wildman–Crippen LogP) is 1.79. The van der Waals surface area contributed by atoms with Gasteiger partial charge in [-0.15, -0.1) is 0 Å². The van der Waals surface area contributed by atoms with Gasteiger partial charge in [-0.3, -0.25) is 0 Å². The summed E-state index contributed by atoms with van der Waals surface area (Å²) in [6.45, 7) is 0. The van der Waals surface area contributed by atoms with Crippen molar-refractivity contribution in [2.75, 3.05) is 0 Å². The van der Waals surface area contributed by atoms with Crippen molar-refractivity contribution in [3.63, 3.8) is 0 Å². The lowest BCUT2D eigenvalue weighted by molar-refractivity contribution is -0.371. The van der Waals surface area contributed by atoms with Gasteiger partial charge in [-0.1, -0.05) is 91.0 Å². The number of rotatable bonds is 3. The van der Waals surface area contributed by atoms with Gasteiger partial charge in [-0.05, 0) is 22.8 Å². The van der Waals surface area contributed by atoms with Gasteiger partial charge in [0.1, 0.15) is 5.60 Å². The fourth-order valence-corrected chi connectivity index (χ4v) is 4.30. The third-order valence-electron chi connectivity index (χ3n) is 5.88. The minimum atomic E-state index is -3.32. The molecule has 4 rings (SSSR count). The number of aliphatic hydroxyl groups is 6. The molecule has 6 heteroatoms. The van der Waals surface area contributed by atoms with Crippen LogP contribution in [0.4, 0.5) is 0 Å². The van der Waals surface area contributed by atoms with Crippen molar-refractivity contribution in [1.82, 2.24) is 0 Å². The van der Waals surface area contributed by atoms with E-state index in [4.69, 9.17) is 0 Å². The Morgan fingerprint density at radius 1 is 0.467 bits per heavy atom. The standard InChI is InChI=1S/C24H22O6/c25-20-16-21(26,17-10-4-1-5-11-17)22(27,18-12-6-2-7-13-18)23(28,24(20,29)30)19-14-8-3-9-15-19/h1-16,25-30H. The highest BCUT2D eigenvalue weighted by Gasteiger charge is 2.75.